The fraction of sp³-hybridized carbons (Fsp3) is 0.294. The van der Waals surface area contributed by atoms with E-state index >= 15 is 0 Å². The molecule has 0 amide bonds. The molecule has 2 aromatic rings. The van der Waals surface area contributed by atoms with Crippen LogP contribution >= 0.6 is 11.8 Å². The highest BCUT2D eigenvalue weighted by molar-refractivity contribution is 7.98. The number of hydrogen-bond donors (Lipinski definition) is 1. The number of thioether (sulfide) groups is 1. The van der Waals surface area contributed by atoms with Gasteiger partial charge in [-0.15, -0.1) is 11.8 Å². The van der Waals surface area contributed by atoms with Gasteiger partial charge in [-0.2, -0.15) is 0 Å². The average Bonchev–Trinajstić information content (AvgIpc) is 2.46. The molecule has 0 fully saturated rings. The first-order chi connectivity index (χ1) is 9.19. The van der Waals surface area contributed by atoms with Crippen LogP contribution in [0.4, 0.5) is 0 Å². The van der Waals surface area contributed by atoms with E-state index in [4.69, 9.17) is 5.73 Å². The van der Waals surface area contributed by atoms with Crippen molar-refractivity contribution < 1.29 is 0 Å². The van der Waals surface area contributed by atoms with Crippen molar-refractivity contribution in [1.82, 2.24) is 0 Å². The van der Waals surface area contributed by atoms with Crippen molar-refractivity contribution in [3.8, 4) is 0 Å². The van der Waals surface area contributed by atoms with Crippen LogP contribution in [-0.4, -0.2) is 0 Å². The van der Waals surface area contributed by atoms with Crippen LogP contribution in [0.2, 0.25) is 0 Å². The molecule has 2 heteroatoms. The molecular formula is C17H21NS. The van der Waals surface area contributed by atoms with E-state index < -0.39 is 0 Å². The summed E-state index contributed by atoms with van der Waals surface area (Å²) in [6, 6.07) is 17.5. The van der Waals surface area contributed by atoms with E-state index in [2.05, 4.69) is 55.5 Å². The maximum atomic E-state index is 5.85. The Morgan fingerprint density at radius 1 is 0.947 bits per heavy atom. The molecule has 0 heterocycles. The van der Waals surface area contributed by atoms with Crippen LogP contribution in [0, 0.1) is 0 Å². The van der Waals surface area contributed by atoms with Crippen molar-refractivity contribution in [3.05, 3.63) is 65.2 Å². The van der Waals surface area contributed by atoms with E-state index in [9.17, 15) is 0 Å². The van der Waals surface area contributed by atoms with E-state index in [1.54, 1.807) is 0 Å². The average molecular weight is 271 g/mol. The van der Waals surface area contributed by atoms with Gasteiger partial charge in [0.1, 0.15) is 0 Å². The van der Waals surface area contributed by atoms with Crippen LogP contribution in [0.5, 0.6) is 0 Å². The Morgan fingerprint density at radius 3 is 2.05 bits per heavy atom. The lowest BCUT2D eigenvalue weighted by Gasteiger charge is -2.07. The van der Waals surface area contributed by atoms with Crippen LogP contribution in [0.1, 0.15) is 36.6 Å². The third-order valence-corrected chi connectivity index (χ3v) is 4.33. The van der Waals surface area contributed by atoms with Crippen LogP contribution in [0.15, 0.2) is 53.4 Å². The van der Waals surface area contributed by atoms with Gasteiger partial charge in [-0.3, -0.25) is 0 Å². The standard InChI is InChI=1S/C17H21NS/c1-3-14-4-6-15(7-5-14)12-19-17-10-8-16(9-11-17)13(2)18/h4-11,13H,3,12,18H2,1-2H3. The molecule has 2 aromatic carbocycles. The molecular weight excluding hydrogens is 250 g/mol. The number of hydrogen-bond acceptors (Lipinski definition) is 2. The summed E-state index contributed by atoms with van der Waals surface area (Å²) < 4.78 is 0. The molecule has 1 nitrogen and oxygen atoms in total. The number of benzene rings is 2. The van der Waals surface area contributed by atoms with Crippen LogP contribution in [0.3, 0.4) is 0 Å². The molecule has 1 unspecified atom stereocenters. The fourth-order valence-corrected chi connectivity index (χ4v) is 2.76. The third kappa shape index (κ3) is 4.12. The summed E-state index contributed by atoms with van der Waals surface area (Å²) in [4.78, 5) is 1.30. The Labute approximate surface area is 120 Å². The summed E-state index contributed by atoms with van der Waals surface area (Å²) >= 11 is 1.87. The zero-order valence-electron chi connectivity index (χ0n) is 11.6. The van der Waals surface area contributed by atoms with Crippen molar-refractivity contribution in [2.45, 2.75) is 37.0 Å². The molecule has 2 N–H and O–H groups in total. The van der Waals surface area contributed by atoms with Crippen molar-refractivity contribution in [2.75, 3.05) is 0 Å². The van der Waals surface area contributed by atoms with E-state index in [0.717, 1.165) is 12.2 Å². The molecule has 19 heavy (non-hydrogen) atoms. The van der Waals surface area contributed by atoms with Crippen molar-refractivity contribution >= 4 is 11.8 Å². The molecule has 2 rings (SSSR count). The molecule has 0 bridgehead atoms. The predicted molar refractivity (Wildman–Crippen MR) is 84.4 cm³/mol. The van der Waals surface area contributed by atoms with Crippen LogP contribution < -0.4 is 5.73 Å². The van der Waals surface area contributed by atoms with Gasteiger partial charge < -0.3 is 5.73 Å². The van der Waals surface area contributed by atoms with Gasteiger partial charge in [-0.1, -0.05) is 43.3 Å². The van der Waals surface area contributed by atoms with Crippen molar-refractivity contribution in [2.24, 2.45) is 5.73 Å². The highest BCUT2D eigenvalue weighted by atomic mass is 32.2. The van der Waals surface area contributed by atoms with Crippen molar-refractivity contribution in [1.29, 1.82) is 0 Å². The zero-order chi connectivity index (χ0) is 13.7. The fourth-order valence-electron chi connectivity index (χ4n) is 1.91. The van der Waals surface area contributed by atoms with Gasteiger partial charge in [0.05, 0.1) is 0 Å². The highest BCUT2D eigenvalue weighted by Crippen LogP contribution is 2.24. The van der Waals surface area contributed by atoms with Crippen LogP contribution in [-0.2, 0) is 12.2 Å². The molecule has 1 atom stereocenters. The Morgan fingerprint density at radius 2 is 1.53 bits per heavy atom. The summed E-state index contributed by atoms with van der Waals surface area (Å²) in [6.07, 6.45) is 1.10. The summed E-state index contributed by atoms with van der Waals surface area (Å²) in [5.74, 6) is 1.02. The summed E-state index contributed by atoms with van der Waals surface area (Å²) in [7, 11) is 0. The quantitative estimate of drug-likeness (QED) is 0.807. The first kappa shape index (κ1) is 14.2. The third-order valence-electron chi connectivity index (χ3n) is 3.24. The molecule has 100 valence electrons. The Balaban J connectivity index is 1.94. The lowest BCUT2D eigenvalue weighted by atomic mass is 10.1. The van der Waals surface area contributed by atoms with E-state index in [-0.39, 0.29) is 6.04 Å². The maximum absolute atomic E-state index is 5.85. The monoisotopic (exact) mass is 271 g/mol. The first-order valence-electron chi connectivity index (χ1n) is 6.75. The minimum atomic E-state index is 0.112. The van der Waals surface area contributed by atoms with Gasteiger partial charge in [-0.05, 0) is 42.2 Å². The molecule has 0 aromatic heterocycles. The second kappa shape index (κ2) is 6.78. The minimum Gasteiger partial charge on any atom is -0.324 e. The molecule has 0 saturated heterocycles. The minimum absolute atomic E-state index is 0.112. The Kier molecular flexibility index (Phi) is 5.06. The topological polar surface area (TPSA) is 26.0 Å². The second-order valence-corrected chi connectivity index (χ2v) is 5.87. The van der Waals surface area contributed by atoms with Crippen LogP contribution in [0.25, 0.3) is 0 Å². The Bertz CT molecular complexity index is 500. The van der Waals surface area contributed by atoms with Gasteiger partial charge in [0.15, 0.2) is 0 Å². The van der Waals surface area contributed by atoms with Gasteiger partial charge in [0.25, 0.3) is 0 Å². The molecule has 0 aliphatic heterocycles. The predicted octanol–water partition coefficient (Wildman–Crippen LogP) is 4.56. The number of aryl methyl sites for hydroxylation is 1. The number of rotatable bonds is 5. The normalized spacial score (nSPS) is 12.4. The second-order valence-electron chi connectivity index (χ2n) is 4.82. The first-order valence-corrected chi connectivity index (χ1v) is 7.73. The van der Waals surface area contributed by atoms with Gasteiger partial charge in [-0.25, -0.2) is 0 Å². The van der Waals surface area contributed by atoms with Gasteiger partial charge in [0, 0.05) is 16.7 Å². The number of nitrogens with two attached hydrogens (primary N) is 1. The summed E-state index contributed by atoms with van der Waals surface area (Å²) in [5, 5.41) is 0. The van der Waals surface area contributed by atoms with Gasteiger partial charge >= 0.3 is 0 Å². The lowest BCUT2D eigenvalue weighted by molar-refractivity contribution is 0.817. The van der Waals surface area contributed by atoms with E-state index in [1.807, 2.05) is 18.7 Å². The largest absolute Gasteiger partial charge is 0.324 e. The molecule has 0 saturated carbocycles. The summed E-state index contributed by atoms with van der Waals surface area (Å²) in [5.41, 5.74) is 9.81. The lowest BCUT2D eigenvalue weighted by Crippen LogP contribution is -2.04. The summed E-state index contributed by atoms with van der Waals surface area (Å²) in [6.45, 7) is 4.20. The maximum Gasteiger partial charge on any atom is 0.0266 e. The smallest absolute Gasteiger partial charge is 0.0266 e. The molecule has 0 radical (unpaired) electrons. The van der Waals surface area contributed by atoms with Gasteiger partial charge in [0.2, 0.25) is 0 Å². The zero-order valence-corrected chi connectivity index (χ0v) is 12.4. The van der Waals surface area contributed by atoms with E-state index in [0.29, 0.717) is 0 Å². The molecule has 0 aliphatic carbocycles. The highest BCUT2D eigenvalue weighted by Gasteiger charge is 2.00. The molecule has 0 spiro atoms. The molecule has 0 aliphatic rings. The van der Waals surface area contributed by atoms with E-state index in [1.165, 1.54) is 21.6 Å². The SMILES string of the molecule is CCc1ccc(CSc2ccc(C(C)N)cc2)cc1. The Hall–Kier alpha value is -1.25. The van der Waals surface area contributed by atoms with Crippen molar-refractivity contribution in [3.63, 3.8) is 0 Å².